The Labute approximate surface area is 270 Å². The lowest BCUT2D eigenvalue weighted by atomic mass is 9.84. The summed E-state index contributed by atoms with van der Waals surface area (Å²) in [4.78, 5) is 34.9. The fourth-order valence-electron chi connectivity index (χ4n) is 5.90. The van der Waals surface area contributed by atoms with Crippen molar-refractivity contribution in [3.8, 4) is 0 Å². The summed E-state index contributed by atoms with van der Waals surface area (Å²) < 4.78 is 56.1. The van der Waals surface area contributed by atoms with Gasteiger partial charge in [0, 0.05) is 85.7 Å². The molecule has 15 heteroatoms. The van der Waals surface area contributed by atoms with E-state index in [-0.39, 0.29) is 30.2 Å². The number of pyridine rings is 1. The zero-order valence-corrected chi connectivity index (χ0v) is 26.9. The summed E-state index contributed by atoms with van der Waals surface area (Å²) in [5.41, 5.74) is 1.87. The quantitative estimate of drug-likeness (QED) is 0.271. The van der Waals surface area contributed by atoms with Gasteiger partial charge in [-0.25, -0.2) is 17.2 Å². The van der Waals surface area contributed by atoms with Crippen molar-refractivity contribution in [2.45, 2.75) is 30.7 Å². The number of hydrogen-bond acceptors (Lipinski definition) is 8. The van der Waals surface area contributed by atoms with Gasteiger partial charge in [0.2, 0.25) is 10.0 Å². The Morgan fingerprint density at radius 2 is 1.60 bits per heavy atom. The Balaban J connectivity index is 1.31. The molecule has 0 unspecified atom stereocenters. The summed E-state index contributed by atoms with van der Waals surface area (Å²) in [6.45, 7) is 6.66. The second-order valence-electron chi connectivity index (χ2n) is 12.4. The van der Waals surface area contributed by atoms with E-state index in [9.17, 15) is 26.8 Å². The van der Waals surface area contributed by atoms with Crippen molar-refractivity contribution in [3.05, 3.63) is 94.9 Å². The number of carbonyl (C=O) groups excluding carboxylic acids is 2. The predicted octanol–water partition coefficient (Wildman–Crippen LogP) is 3.82. The van der Waals surface area contributed by atoms with E-state index in [0.717, 1.165) is 48.3 Å². The van der Waals surface area contributed by atoms with Crippen molar-refractivity contribution in [3.63, 3.8) is 0 Å². The molecule has 2 amide bonds. The van der Waals surface area contributed by atoms with Gasteiger partial charge in [0.05, 0.1) is 16.1 Å². The van der Waals surface area contributed by atoms with Gasteiger partial charge in [0.25, 0.3) is 11.8 Å². The Hall–Kier alpha value is -4.73. The first-order valence-corrected chi connectivity index (χ1v) is 16.4. The highest BCUT2D eigenvalue weighted by Crippen LogP contribution is 2.38. The van der Waals surface area contributed by atoms with E-state index in [1.165, 1.54) is 12.4 Å². The first-order chi connectivity index (χ1) is 22.3. The van der Waals surface area contributed by atoms with Gasteiger partial charge in [0.1, 0.15) is 11.6 Å². The molecule has 2 aliphatic rings. The minimum atomic E-state index is -4.32. The molecule has 1 saturated heterocycles. The van der Waals surface area contributed by atoms with Gasteiger partial charge in [-0.1, -0.05) is 13.8 Å². The molecule has 0 saturated carbocycles. The van der Waals surface area contributed by atoms with Gasteiger partial charge in [-0.2, -0.15) is 9.40 Å². The maximum atomic E-state index is 14.0. The van der Waals surface area contributed by atoms with Crippen molar-refractivity contribution in [1.29, 1.82) is 0 Å². The zero-order chi connectivity index (χ0) is 33.5. The van der Waals surface area contributed by atoms with Crippen LogP contribution in [0, 0.1) is 11.6 Å². The van der Waals surface area contributed by atoms with Crippen molar-refractivity contribution >= 4 is 39.0 Å². The molecule has 4 aromatic rings. The lowest BCUT2D eigenvalue weighted by molar-refractivity contribution is 0.102. The number of halogens is 2. The van der Waals surface area contributed by atoms with Crippen LogP contribution in [-0.2, 0) is 22.0 Å². The Kier molecular flexibility index (Phi) is 8.55. The number of nitrogens with one attached hydrogen (secondary N) is 3. The normalized spacial score (nSPS) is 16.8. The molecule has 0 spiro atoms. The minimum absolute atomic E-state index is 0.00498. The number of aromatic nitrogens is 3. The van der Waals surface area contributed by atoms with Gasteiger partial charge >= 0.3 is 0 Å². The smallest absolute Gasteiger partial charge is 0.258 e. The molecule has 2 aromatic carbocycles. The number of fused-ring (bicyclic) bond motifs is 1. The molecule has 1 fully saturated rings. The van der Waals surface area contributed by atoms with Crippen LogP contribution >= 0.6 is 0 Å². The van der Waals surface area contributed by atoms with Crippen LogP contribution in [0.2, 0.25) is 0 Å². The van der Waals surface area contributed by atoms with Gasteiger partial charge in [0.15, 0.2) is 5.82 Å². The lowest BCUT2D eigenvalue weighted by Gasteiger charge is -2.36. The van der Waals surface area contributed by atoms with Crippen LogP contribution in [0.4, 0.5) is 26.0 Å². The summed E-state index contributed by atoms with van der Waals surface area (Å²) >= 11 is 0. The van der Waals surface area contributed by atoms with Crippen LogP contribution in [0.1, 0.15) is 45.8 Å². The second kappa shape index (κ2) is 12.5. The molecule has 0 radical (unpaired) electrons. The minimum Gasteiger partial charge on any atom is -0.369 e. The molecule has 4 heterocycles. The van der Waals surface area contributed by atoms with E-state index >= 15 is 0 Å². The Morgan fingerprint density at radius 1 is 0.915 bits per heavy atom. The molecular formula is C32H34F2N8O4S. The average molecular weight is 665 g/mol. The maximum absolute atomic E-state index is 14.0. The molecular weight excluding hydrogens is 630 g/mol. The third-order valence-electron chi connectivity index (χ3n) is 8.46. The summed E-state index contributed by atoms with van der Waals surface area (Å²) in [6, 6.07) is 10.5. The highest BCUT2D eigenvalue weighted by Gasteiger charge is 2.41. The van der Waals surface area contributed by atoms with Gasteiger partial charge in [-0.05, 0) is 49.5 Å². The monoisotopic (exact) mass is 664 g/mol. The standard InChI is InChI=1S/C32H34F2N8O4S/c1-32(2)19-42(47(45,46)24-15-21(33)14-22(34)16-24)18-26-28(32)38-39-29(26)37-31(44)25-5-4-23(41-12-10-40(3)11-13-41)17-27(25)36-30(43)20-6-8-35-9-7-20/h4-9,14-17H,10-13,18-19H2,1-3H3,(H,36,43)(H2,37,38,39,44). The molecule has 2 aromatic heterocycles. The van der Waals surface area contributed by atoms with Crippen LogP contribution in [0.15, 0.2) is 65.8 Å². The number of piperazine rings is 1. The van der Waals surface area contributed by atoms with E-state index in [0.29, 0.717) is 22.9 Å². The number of H-pyrrole nitrogens is 1. The fraction of sp³-hybridized carbons (Fsp3) is 0.312. The topological polar surface area (TPSA) is 144 Å². The summed E-state index contributed by atoms with van der Waals surface area (Å²) in [7, 11) is -2.27. The number of sulfonamides is 1. The molecule has 2 aliphatic heterocycles. The summed E-state index contributed by atoms with van der Waals surface area (Å²) in [5.74, 6) is -2.94. The van der Waals surface area contributed by atoms with Crippen molar-refractivity contribution in [2.24, 2.45) is 0 Å². The number of likely N-dealkylation sites (N-methyl/N-ethyl adjacent to an activating group) is 1. The molecule has 0 atom stereocenters. The predicted molar refractivity (Wildman–Crippen MR) is 172 cm³/mol. The number of benzene rings is 2. The summed E-state index contributed by atoms with van der Waals surface area (Å²) in [5, 5.41) is 12.9. The zero-order valence-electron chi connectivity index (χ0n) is 26.0. The molecule has 0 aliphatic carbocycles. The van der Waals surface area contributed by atoms with Crippen LogP contribution < -0.4 is 15.5 Å². The van der Waals surface area contributed by atoms with Gasteiger partial charge in [-0.15, -0.1) is 0 Å². The van der Waals surface area contributed by atoms with Crippen LogP contribution in [0.3, 0.4) is 0 Å². The van der Waals surface area contributed by atoms with Crippen molar-refractivity contribution < 1.29 is 26.8 Å². The number of nitrogens with zero attached hydrogens (tertiary/aromatic N) is 5. The van der Waals surface area contributed by atoms with Crippen molar-refractivity contribution in [1.82, 2.24) is 24.4 Å². The Morgan fingerprint density at radius 3 is 2.28 bits per heavy atom. The number of aromatic amines is 1. The number of carbonyl (C=O) groups is 2. The third kappa shape index (κ3) is 6.59. The van der Waals surface area contributed by atoms with E-state index in [4.69, 9.17) is 0 Å². The number of hydrogen-bond donors (Lipinski definition) is 3. The first-order valence-electron chi connectivity index (χ1n) is 15.0. The number of anilines is 3. The third-order valence-corrected chi connectivity index (χ3v) is 10.2. The first kappa shape index (κ1) is 32.2. The number of rotatable bonds is 7. The lowest BCUT2D eigenvalue weighted by Crippen LogP contribution is -2.45. The van der Waals surface area contributed by atoms with E-state index in [1.807, 2.05) is 6.07 Å². The average Bonchev–Trinajstić information content (AvgIpc) is 3.44. The highest BCUT2D eigenvalue weighted by atomic mass is 32.2. The van der Waals surface area contributed by atoms with Crippen LogP contribution in [-0.4, -0.2) is 84.4 Å². The Bertz CT molecular complexity index is 1920. The second-order valence-corrected chi connectivity index (χ2v) is 14.3. The van der Waals surface area contributed by atoms with Crippen molar-refractivity contribution in [2.75, 3.05) is 55.3 Å². The van der Waals surface area contributed by atoms with E-state index < -0.39 is 43.8 Å². The highest BCUT2D eigenvalue weighted by molar-refractivity contribution is 7.89. The summed E-state index contributed by atoms with van der Waals surface area (Å²) in [6.07, 6.45) is 3.00. The van der Waals surface area contributed by atoms with E-state index in [1.54, 1.807) is 38.1 Å². The molecule has 246 valence electrons. The van der Waals surface area contributed by atoms with E-state index in [2.05, 4.69) is 42.7 Å². The molecule has 0 bridgehead atoms. The molecule has 47 heavy (non-hydrogen) atoms. The fourth-order valence-corrected chi connectivity index (χ4v) is 7.51. The van der Waals surface area contributed by atoms with Crippen LogP contribution in [0.25, 0.3) is 0 Å². The maximum Gasteiger partial charge on any atom is 0.258 e. The molecule has 6 rings (SSSR count). The number of amides is 2. The SMILES string of the molecule is CN1CCN(c2ccc(C(=O)Nc3n[nH]c4c3CN(S(=O)(=O)c3cc(F)cc(F)c3)CC4(C)C)c(NC(=O)c3ccncc3)c2)CC1. The molecule has 12 nitrogen and oxygen atoms in total. The van der Waals surface area contributed by atoms with Gasteiger partial charge in [-0.3, -0.25) is 19.7 Å². The largest absolute Gasteiger partial charge is 0.369 e. The molecule has 3 N–H and O–H groups in total. The van der Waals surface area contributed by atoms with Gasteiger partial charge < -0.3 is 20.4 Å². The van der Waals surface area contributed by atoms with Crippen LogP contribution in [0.5, 0.6) is 0 Å².